The van der Waals surface area contributed by atoms with Gasteiger partial charge in [0.15, 0.2) is 0 Å². The number of benzene rings is 1. The molecule has 0 aromatic heterocycles. The molecule has 5 nitrogen and oxygen atoms in total. The molecule has 0 spiro atoms. The quantitative estimate of drug-likeness (QED) is 0.837. The fourth-order valence-electron chi connectivity index (χ4n) is 2.35. The van der Waals surface area contributed by atoms with Gasteiger partial charge in [0, 0.05) is 12.8 Å². The van der Waals surface area contributed by atoms with Gasteiger partial charge in [-0.2, -0.15) is 4.72 Å². The van der Waals surface area contributed by atoms with Crippen LogP contribution < -0.4 is 4.72 Å². The van der Waals surface area contributed by atoms with Crippen molar-refractivity contribution in [3.05, 3.63) is 35.9 Å². The second-order valence-corrected chi connectivity index (χ2v) is 7.01. The molecule has 1 fully saturated rings. The highest BCUT2D eigenvalue weighted by atomic mass is 32.2. The SMILES string of the molecule is O=C(O)[C@@H](NS(=O)(=O)CC1CC(F)(F)C1)c1ccccc1. The van der Waals surface area contributed by atoms with Crippen molar-refractivity contribution >= 4 is 16.0 Å². The van der Waals surface area contributed by atoms with Crippen LogP contribution in [0, 0.1) is 5.92 Å². The molecule has 1 aromatic rings. The molecular formula is C13H15F2NO4S. The summed E-state index contributed by atoms with van der Waals surface area (Å²) in [4.78, 5) is 11.2. The molecule has 0 radical (unpaired) electrons. The van der Waals surface area contributed by atoms with Crippen molar-refractivity contribution in [3.8, 4) is 0 Å². The lowest BCUT2D eigenvalue weighted by atomic mass is 9.83. The Morgan fingerprint density at radius 2 is 1.90 bits per heavy atom. The first-order valence-corrected chi connectivity index (χ1v) is 7.99. The van der Waals surface area contributed by atoms with Crippen LogP contribution in [0.15, 0.2) is 30.3 Å². The second-order valence-electron chi connectivity index (χ2n) is 5.21. The van der Waals surface area contributed by atoms with Crippen molar-refractivity contribution in [2.24, 2.45) is 5.92 Å². The molecule has 1 atom stereocenters. The molecule has 116 valence electrons. The highest BCUT2D eigenvalue weighted by molar-refractivity contribution is 7.89. The molecule has 2 N–H and O–H groups in total. The fraction of sp³-hybridized carbons (Fsp3) is 0.462. The van der Waals surface area contributed by atoms with E-state index in [-0.39, 0.29) is 5.56 Å². The lowest BCUT2D eigenvalue weighted by Crippen LogP contribution is -2.43. The molecule has 1 saturated carbocycles. The third-order valence-corrected chi connectivity index (χ3v) is 4.81. The lowest BCUT2D eigenvalue weighted by Gasteiger charge is -2.34. The number of hydrogen-bond acceptors (Lipinski definition) is 3. The number of aliphatic carboxylic acids is 1. The summed E-state index contributed by atoms with van der Waals surface area (Å²) in [5.74, 6) is -5.27. The lowest BCUT2D eigenvalue weighted by molar-refractivity contribution is -0.139. The predicted octanol–water partition coefficient (Wildman–Crippen LogP) is 1.78. The molecule has 8 heteroatoms. The first-order chi connectivity index (χ1) is 9.69. The van der Waals surface area contributed by atoms with Crippen LogP contribution in [0.25, 0.3) is 0 Å². The average Bonchev–Trinajstić information content (AvgIpc) is 2.34. The Balaban J connectivity index is 2.05. The summed E-state index contributed by atoms with van der Waals surface area (Å²) in [6, 6.07) is 6.40. The highest BCUT2D eigenvalue weighted by Gasteiger charge is 2.47. The van der Waals surface area contributed by atoms with Crippen LogP contribution in [0.2, 0.25) is 0 Å². The van der Waals surface area contributed by atoms with Crippen LogP contribution >= 0.6 is 0 Å². The molecule has 0 amide bonds. The maximum atomic E-state index is 12.7. The number of halogens is 2. The van der Waals surface area contributed by atoms with E-state index in [0.717, 1.165) is 0 Å². The molecule has 1 aliphatic carbocycles. The van der Waals surface area contributed by atoms with Crippen molar-refractivity contribution in [1.82, 2.24) is 4.72 Å². The Morgan fingerprint density at radius 1 is 1.33 bits per heavy atom. The van der Waals surface area contributed by atoms with E-state index in [1.165, 1.54) is 12.1 Å². The smallest absolute Gasteiger partial charge is 0.326 e. The summed E-state index contributed by atoms with van der Waals surface area (Å²) in [7, 11) is -3.95. The first-order valence-electron chi connectivity index (χ1n) is 6.34. The largest absolute Gasteiger partial charge is 0.480 e. The number of rotatable bonds is 6. The van der Waals surface area contributed by atoms with E-state index in [1.54, 1.807) is 18.2 Å². The number of hydrogen-bond donors (Lipinski definition) is 2. The van der Waals surface area contributed by atoms with Gasteiger partial charge in [-0.05, 0) is 11.5 Å². The van der Waals surface area contributed by atoms with Crippen molar-refractivity contribution in [2.75, 3.05) is 5.75 Å². The fourth-order valence-corrected chi connectivity index (χ4v) is 3.90. The van der Waals surface area contributed by atoms with Crippen LogP contribution in [0.3, 0.4) is 0 Å². The summed E-state index contributed by atoms with van der Waals surface area (Å²) in [6.07, 6.45) is -0.950. The van der Waals surface area contributed by atoms with Gasteiger partial charge in [-0.1, -0.05) is 30.3 Å². The Hall–Kier alpha value is -1.54. The summed E-state index contributed by atoms with van der Waals surface area (Å²) >= 11 is 0. The van der Waals surface area contributed by atoms with E-state index in [9.17, 15) is 22.0 Å². The molecule has 2 rings (SSSR count). The molecule has 1 aliphatic rings. The van der Waals surface area contributed by atoms with Gasteiger partial charge in [-0.15, -0.1) is 0 Å². The van der Waals surface area contributed by atoms with Gasteiger partial charge in [0.2, 0.25) is 15.9 Å². The number of sulfonamides is 1. The van der Waals surface area contributed by atoms with Crippen molar-refractivity contribution in [1.29, 1.82) is 0 Å². The van der Waals surface area contributed by atoms with E-state index in [1.807, 2.05) is 0 Å². The Kier molecular flexibility index (Phi) is 4.29. The molecule has 1 aromatic carbocycles. The summed E-state index contributed by atoms with van der Waals surface area (Å²) in [5, 5.41) is 9.13. The third-order valence-electron chi connectivity index (χ3n) is 3.31. The molecule has 0 saturated heterocycles. The van der Waals surface area contributed by atoms with E-state index < -0.39 is 52.5 Å². The van der Waals surface area contributed by atoms with Gasteiger partial charge in [-0.25, -0.2) is 17.2 Å². The highest BCUT2D eigenvalue weighted by Crippen LogP contribution is 2.42. The van der Waals surface area contributed by atoms with Crippen LogP contribution in [0.1, 0.15) is 24.4 Å². The van der Waals surface area contributed by atoms with Crippen LogP contribution in [-0.2, 0) is 14.8 Å². The minimum atomic E-state index is -3.95. The zero-order valence-corrected chi connectivity index (χ0v) is 11.8. The minimum absolute atomic E-state index is 0.285. The molecule has 21 heavy (non-hydrogen) atoms. The first kappa shape index (κ1) is 15.8. The zero-order valence-electron chi connectivity index (χ0n) is 11.0. The normalized spacial score (nSPS) is 19.7. The zero-order chi connectivity index (χ0) is 15.7. The van der Waals surface area contributed by atoms with Gasteiger partial charge in [-0.3, -0.25) is 4.79 Å². The Labute approximate surface area is 121 Å². The van der Waals surface area contributed by atoms with Crippen LogP contribution in [-0.4, -0.2) is 31.2 Å². The molecule has 0 unspecified atom stereocenters. The standard InChI is InChI=1S/C13H15F2NO4S/c14-13(15)6-9(7-13)8-21(19,20)16-11(12(17)18)10-4-2-1-3-5-10/h1-5,9,11,16H,6-8H2,(H,17,18)/t11-/m0/s1. The monoisotopic (exact) mass is 319 g/mol. The van der Waals surface area contributed by atoms with Crippen molar-refractivity contribution < 1.29 is 27.1 Å². The Bertz CT molecular complexity index is 610. The van der Waals surface area contributed by atoms with E-state index >= 15 is 0 Å². The van der Waals surface area contributed by atoms with Crippen molar-refractivity contribution in [2.45, 2.75) is 24.8 Å². The van der Waals surface area contributed by atoms with Crippen molar-refractivity contribution in [3.63, 3.8) is 0 Å². The number of alkyl halides is 2. The minimum Gasteiger partial charge on any atom is -0.480 e. The second kappa shape index (κ2) is 5.69. The average molecular weight is 319 g/mol. The van der Waals surface area contributed by atoms with Gasteiger partial charge in [0.25, 0.3) is 0 Å². The number of carboxylic acid groups (broad SMARTS) is 1. The number of nitrogens with one attached hydrogen (secondary N) is 1. The van der Waals surface area contributed by atoms with Gasteiger partial charge in [0.1, 0.15) is 6.04 Å². The summed E-state index contributed by atoms with van der Waals surface area (Å²) in [5.41, 5.74) is 0.285. The number of carbonyl (C=O) groups is 1. The summed E-state index contributed by atoms with van der Waals surface area (Å²) in [6.45, 7) is 0. The van der Waals surface area contributed by atoms with E-state index in [4.69, 9.17) is 5.11 Å². The van der Waals surface area contributed by atoms with Gasteiger partial charge >= 0.3 is 5.97 Å². The third kappa shape index (κ3) is 4.21. The van der Waals surface area contributed by atoms with Gasteiger partial charge < -0.3 is 5.11 Å². The van der Waals surface area contributed by atoms with E-state index in [2.05, 4.69) is 4.72 Å². The summed E-state index contributed by atoms with van der Waals surface area (Å²) < 4.78 is 51.3. The topological polar surface area (TPSA) is 83.5 Å². The maximum absolute atomic E-state index is 12.7. The molecular weight excluding hydrogens is 304 g/mol. The van der Waals surface area contributed by atoms with Crippen LogP contribution in [0.5, 0.6) is 0 Å². The van der Waals surface area contributed by atoms with Crippen LogP contribution in [0.4, 0.5) is 8.78 Å². The predicted molar refractivity (Wildman–Crippen MR) is 71.4 cm³/mol. The Morgan fingerprint density at radius 3 is 2.38 bits per heavy atom. The van der Waals surface area contributed by atoms with E-state index in [0.29, 0.717) is 0 Å². The maximum Gasteiger partial charge on any atom is 0.326 e. The molecule has 0 aliphatic heterocycles. The molecule has 0 heterocycles. The number of carboxylic acids is 1. The molecule has 0 bridgehead atoms. The van der Waals surface area contributed by atoms with Gasteiger partial charge in [0.05, 0.1) is 5.75 Å².